The molecule has 0 atom stereocenters. The molecule has 0 aromatic heterocycles. The molecule has 1 aliphatic heterocycles. The monoisotopic (exact) mass is 249 g/mol. The van der Waals surface area contributed by atoms with E-state index in [1.807, 2.05) is 0 Å². The molecule has 0 saturated carbocycles. The Kier molecular flexibility index (Phi) is 3.39. The number of rotatable bonds is 3. The molecule has 3 nitrogen and oxygen atoms in total. The van der Waals surface area contributed by atoms with Crippen LogP contribution < -0.4 is 5.73 Å². The Hall–Kier alpha value is -1.42. The maximum absolute atomic E-state index is 14.1. The number of nitrogens with zero attached hydrogens (tertiary/aromatic N) is 1. The number of likely N-dealkylation sites (tertiary alicyclic amines) is 1. The summed E-state index contributed by atoms with van der Waals surface area (Å²) in [5.41, 5.74) is 6.50. The average molecular weight is 249 g/mol. The average Bonchev–Trinajstić information content (AvgIpc) is 2.61. The van der Waals surface area contributed by atoms with Crippen molar-refractivity contribution in [3.05, 3.63) is 35.1 Å². The summed E-state index contributed by atoms with van der Waals surface area (Å²) in [4.78, 5) is 2.25. The fraction of sp³-hybridized carbons (Fsp3) is 0.500. The van der Waals surface area contributed by atoms with Crippen LogP contribution in [0.1, 0.15) is 31.4 Å². The minimum absolute atomic E-state index is 0.200. The molecule has 98 valence electrons. The quantitative estimate of drug-likeness (QED) is 0.638. The van der Waals surface area contributed by atoms with Crippen LogP contribution >= 0.6 is 0 Å². The lowest BCUT2D eigenvalue weighted by Gasteiger charge is -2.20. The first-order valence-corrected chi connectivity index (χ1v) is 6.23. The zero-order chi connectivity index (χ0) is 13.3. The van der Waals surface area contributed by atoms with Crippen molar-refractivity contribution in [3.63, 3.8) is 0 Å². The second kappa shape index (κ2) is 4.69. The van der Waals surface area contributed by atoms with Crippen molar-refractivity contribution in [2.75, 3.05) is 13.1 Å². The van der Waals surface area contributed by atoms with Crippen LogP contribution in [0.2, 0.25) is 0 Å². The van der Waals surface area contributed by atoms with Crippen LogP contribution in [0.4, 0.5) is 4.39 Å². The van der Waals surface area contributed by atoms with Crippen LogP contribution in [-0.4, -0.2) is 23.8 Å². The van der Waals surface area contributed by atoms with E-state index in [4.69, 9.17) is 11.1 Å². The van der Waals surface area contributed by atoms with E-state index in [-0.39, 0.29) is 17.2 Å². The molecular formula is C14H20FN3. The van der Waals surface area contributed by atoms with Gasteiger partial charge in [-0.2, -0.15) is 0 Å². The highest BCUT2D eigenvalue weighted by Gasteiger charge is 2.29. The summed E-state index contributed by atoms with van der Waals surface area (Å²) in [6.07, 6.45) is 1.14. The highest BCUT2D eigenvalue weighted by Crippen LogP contribution is 2.30. The minimum Gasteiger partial charge on any atom is -0.384 e. The summed E-state index contributed by atoms with van der Waals surface area (Å²) in [6.45, 7) is 7.04. The molecule has 0 aliphatic carbocycles. The van der Waals surface area contributed by atoms with Gasteiger partial charge in [-0.1, -0.05) is 26.0 Å². The van der Waals surface area contributed by atoms with Gasteiger partial charge in [-0.3, -0.25) is 10.3 Å². The summed E-state index contributed by atoms with van der Waals surface area (Å²) in [6, 6.07) is 5.08. The Balaban J connectivity index is 2.15. The molecule has 3 N–H and O–H groups in total. The molecule has 1 aromatic rings. The van der Waals surface area contributed by atoms with Crippen molar-refractivity contribution in [1.29, 1.82) is 5.41 Å². The highest BCUT2D eigenvalue weighted by atomic mass is 19.1. The topological polar surface area (TPSA) is 53.1 Å². The molecule has 1 aromatic carbocycles. The molecule has 18 heavy (non-hydrogen) atoms. The van der Waals surface area contributed by atoms with Crippen LogP contribution in [0.15, 0.2) is 18.2 Å². The number of amidine groups is 1. The van der Waals surface area contributed by atoms with Crippen LogP contribution in [0.25, 0.3) is 0 Å². The number of benzene rings is 1. The number of nitrogen functional groups attached to an aromatic ring is 1. The van der Waals surface area contributed by atoms with Crippen molar-refractivity contribution < 1.29 is 4.39 Å². The molecule has 0 bridgehead atoms. The Bertz CT molecular complexity index is 468. The molecule has 4 heteroatoms. The van der Waals surface area contributed by atoms with Gasteiger partial charge >= 0.3 is 0 Å². The number of hydrogen-bond acceptors (Lipinski definition) is 2. The first-order valence-electron chi connectivity index (χ1n) is 6.23. The third kappa shape index (κ3) is 2.70. The maximum Gasteiger partial charge on any atom is 0.138 e. The molecule has 0 amide bonds. The number of nitrogens with one attached hydrogen (secondary N) is 1. The molecule has 2 rings (SSSR count). The number of hydrogen-bond donors (Lipinski definition) is 2. The van der Waals surface area contributed by atoms with E-state index in [2.05, 4.69) is 18.7 Å². The Labute approximate surface area is 107 Å². The van der Waals surface area contributed by atoms with E-state index >= 15 is 0 Å². The van der Waals surface area contributed by atoms with Gasteiger partial charge < -0.3 is 5.73 Å². The van der Waals surface area contributed by atoms with E-state index in [0.29, 0.717) is 17.5 Å². The molecule has 0 radical (unpaired) electrons. The second-order valence-electron chi connectivity index (χ2n) is 5.82. The fourth-order valence-corrected chi connectivity index (χ4v) is 2.51. The fourth-order valence-electron chi connectivity index (χ4n) is 2.51. The molecule has 1 aliphatic rings. The number of halogens is 1. The van der Waals surface area contributed by atoms with Crippen molar-refractivity contribution >= 4 is 5.84 Å². The van der Waals surface area contributed by atoms with Gasteiger partial charge in [0, 0.05) is 18.7 Å². The van der Waals surface area contributed by atoms with E-state index in [1.165, 1.54) is 0 Å². The zero-order valence-corrected chi connectivity index (χ0v) is 11.0. The van der Waals surface area contributed by atoms with Crippen molar-refractivity contribution in [3.8, 4) is 0 Å². The van der Waals surface area contributed by atoms with Gasteiger partial charge in [0.1, 0.15) is 11.7 Å². The van der Waals surface area contributed by atoms with Crippen LogP contribution in [0.3, 0.4) is 0 Å². The highest BCUT2D eigenvalue weighted by molar-refractivity contribution is 5.95. The van der Waals surface area contributed by atoms with Crippen molar-refractivity contribution in [2.24, 2.45) is 11.1 Å². The summed E-state index contributed by atoms with van der Waals surface area (Å²) < 4.78 is 14.1. The number of nitrogens with two attached hydrogens (primary N) is 1. The lowest BCUT2D eigenvalue weighted by atomic mass is 9.93. The maximum atomic E-state index is 14.1. The van der Waals surface area contributed by atoms with Gasteiger partial charge in [0.2, 0.25) is 0 Å². The first-order chi connectivity index (χ1) is 8.39. The first kappa shape index (κ1) is 13.0. The van der Waals surface area contributed by atoms with Crippen molar-refractivity contribution in [1.82, 2.24) is 4.90 Å². The summed E-state index contributed by atoms with van der Waals surface area (Å²) in [5.74, 6) is -0.564. The van der Waals surface area contributed by atoms with Gasteiger partial charge in [0.05, 0.1) is 5.56 Å². The predicted octanol–water partition coefficient (Wildman–Crippen LogP) is 2.34. The molecule has 1 fully saturated rings. The van der Waals surface area contributed by atoms with Gasteiger partial charge in [-0.25, -0.2) is 4.39 Å². The van der Waals surface area contributed by atoms with Crippen molar-refractivity contribution in [2.45, 2.75) is 26.8 Å². The van der Waals surface area contributed by atoms with E-state index < -0.39 is 0 Å². The van der Waals surface area contributed by atoms with Crippen LogP contribution in [0, 0.1) is 16.6 Å². The SMILES string of the molecule is CC1(C)CCN(Cc2cccc(C(=N)N)c2F)C1. The minimum atomic E-state index is -0.352. The van der Waals surface area contributed by atoms with Gasteiger partial charge in [0.15, 0.2) is 0 Å². The molecule has 1 saturated heterocycles. The third-order valence-electron chi connectivity index (χ3n) is 3.52. The molecule has 1 heterocycles. The summed E-state index contributed by atoms with van der Waals surface area (Å²) in [5, 5.41) is 7.34. The van der Waals surface area contributed by atoms with Gasteiger partial charge in [0.25, 0.3) is 0 Å². The Morgan fingerprint density at radius 1 is 1.50 bits per heavy atom. The third-order valence-corrected chi connectivity index (χ3v) is 3.52. The normalized spacial score (nSPS) is 19.1. The molecule has 0 unspecified atom stereocenters. The van der Waals surface area contributed by atoms with Crippen LogP contribution in [0.5, 0.6) is 0 Å². The Morgan fingerprint density at radius 3 is 2.78 bits per heavy atom. The van der Waals surface area contributed by atoms with Gasteiger partial charge in [-0.05, 0) is 24.4 Å². The standard InChI is InChI=1S/C14H20FN3/c1-14(2)6-7-18(9-14)8-10-4-3-5-11(12(10)15)13(16)17/h3-5H,6-9H2,1-2H3,(H3,16,17). The smallest absolute Gasteiger partial charge is 0.138 e. The summed E-state index contributed by atoms with van der Waals surface area (Å²) >= 11 is 0. The lowest BCUT2D eigenvalue weighted by Crippen LogP contribution is -2.24. The molecule has 0 spiro atoms. The zero-order valence-electron chi connectivity index (χ0n) is 11.0. The van der Waals surface area contributed by atoms with E-state index in [1.54, 1.807) is 18.2 Å². The predicted molar refractivity (Wildman–Crippen MR) is 71.1 cm³/mol. The van der Waals surface area contributed by atoms with E-state index in [9.17, 15) is 4.39 Å². The Morgan fingerprint density at radius 2 is 2.22 bits per heavy atom. The summed E-state index contributed by atoms with van der Waals surface area (Å²) in [7, 11) is 0. The van der Waals surface area contributed by atoms with E-state index in [0.717, 1.165) is 19.5 Å². The van der Waals surface area contributed by atoms with Gasteiger partial charge in [-0.15, -0.1) is 0 Å². The lowest BCUT2D eigenvalue weighted by molar-refractivity contribution is 0.281. The van der Waals surface area contributed by atoms with Crippen LogP contribution in [-0.2, 0) is 6.54 Å². The second-order valence-corrected chi connectivity index (χ2v) is 5.82. The largest absolute Gasteiger partial charge is 0.384 e. The molecular weight excluding hydrogens is 229 g/mol.